The average molecular weight is 781 g/mol. The fourth-order valence-corrected chi connectivity index (χ4v) is 4.58. The van der Waals surface area contributed by atoms with E-state index in [1.807, 2.05) is 0 Å². The second-order valence-corrected chi connectivity index (χ2v) is 11.7. The van der Waals surface area contributed by atoms with Crippen molar-refractivity contribution in [2.24, 2.45) is 0 Å². The number of carbonyl (C=O) groups is 6. The van der Waals surface area contributed by atoms with Gasteiger partial charge in [-0.05, 0) is 123 Å². The van der Waals surface area contributed by atoms with Crippen LogP contribution in [0.3, 0.4) is 0 Å². The SMILES string of the molecule is C=CC(=O)OCCCCOc1ccc(C(=O)Oc2ccc(C(=O)OCOC(=O)c3ccc(OC(=O)c4ccc(OCCCCOC(=O)C=C)cc4)cc3)cc2)cc1. The fraction of sp³-hybridized carbons (Fsp3) is 0.209. The number of hydrogen-bond acceptors (Lipinski definition) is 14. The van der Waals surface area contributed by atoms with Gasteiger partial charge >= 0.3 is 35.8 Å². The molecule has 14 nitrogen and oxygen atoms in total. The molecule has 0 radical (unpaired) electrons. The monoisotopic (exact) mass is 780 g/mol. The first-order valence-corrected chi connectivity index (χ1v) is 17.7. The van der Waals surface area contributed by atoms with Gasteiger partial charge in [0.15, 0.2) is 0 Å². The molecule has 0 aliphatic carbocycles. The highest BCUT2D eigenvalue weighted by atomic mass is 16.7. The van der Waals surface area contributed by atoms with E-state index in [-0.39, 0.29) is 47.0 Å². The first-order chi connectivity index (χ1) is 27.6. The minimum atomic E-state index is -0.778. The lowest BCUT2D eigenvalue weighted by atomic mass is 10.2. The second-order valence-electron chi connectivity index (χ2n) is 11.7. The van der Waals surface area contributed by atoms with Crippen LogP contribution in [0.25, 0.3) is 0 Å². The van der Waals surface area contributed by atoms with E-state index in [4.69, 9.17) is 37.9 Å². The standard InChI is InChI=1S/C43H40O14/c1-3-38(44)52-27-7-5-25-50-34-17-9-32(10-18-34)42(48)56-36-21-13-30(14-22-36)40(46)54-29-55-41(47)31-15-23-37(24-16-31)57-43(49)33-11-19-35(20-12-33)51-26-6-8-28-53-39(45)4-2/h3-4,9-24H,1-2,5-8,25-29H2. The van der Waals surface area contributed by atoms with Gasteiger partial charge in [-0.3, -0.25) is 0 Å². The molecule has 0 aliphatic rings. The first-order valence-electron chi connectivity index (χ1n) is 17.7. The van der Waals surface area contributed by atoms with Crippen LogP contribution in [0.2, 0.25) is 0 Å². The van der Waals surface area contributed by atoms with Crippen LogP contribution in [-0.2, 0) is 28.5 Å². The second kappa shape index (κ2) is 22.9. The molecule has 0 fully saturated rings. The molecular formula is C43H40O14. The van der Waals surface area contributed by atoms with Crippen molar-refractivity contribution in [1.29, 1.82) is 0 Å². The molecule has 4 aromatic carbocycles. The van der Waals surface area contributed by atoms with E-state index in [9.17, 15) is 28.8 Å². The van der Waals surface area contributed by atoms with E-state index in [2.05, 4.69) is 13.2 Å². The average Bonchev–Trinajstić information content (AvgIpc) is 3.23. The molecule has 0 bridgehead atoms. The zero-order valence-corrected chi connectivity index (χ0v) is 30.9. The Hall–Kier alpha value is -7.22. The highest BCUT2D eigenvalue weighted by Crippen LogP contribution is 2.20. The molecule has 0 unspecified atom stereocenters. The van der Waals surface area contributed by atoms with Crippen molar-refractivity contribution in [2.75, 3.05) is 33.2 Å². The van der Waals surface area contributed by atoms with Gasteiger partial charge in [-0.1, -0.05) is 13.2 Å². The number of benzene rings is 4. The van der Waals surface area contributed by atoms with E-state index in [0.717, 1.165) is 12.2 Å². The van der Waals surface area contributed by atoms with Gasteiger partial charge in [-0.25, -0.2) is 28.8 Å². The highest BCUT2D eigenvalue weighted by Gasteiger charge is 2.15. The van der Waals surface area contributed by atoms with Gasteiger partial charge in [0.25, 0.3) is 0 Å². The molecule has 0 saturated heterocycles. The van der Waals surface area contributed by atoms with Gasteiger partial charge in [0.2, 0.25) is 6.79 Å². The van der Waals surface area contributed by atoms with Crippen LogP contribution in [0.1, 0.15) is 67.1 Å². The molecule has 0 spiro atoms. The Labute approximate surface area is 328 Å². The molecule has 0 aromatic heterocycles. The Morgan fingerprint density at radius 2 is 0.684 bits per heavy atom. The molecule has 0 saturated carbocycles. The molecule has 14 heteroatoms. The van der Waals surface area contributed by atoms with E-state index >= 15 is 0 Å². The zero-order chi connectivity index (χ0) is 40.8. The normalized spacial score (nSPS) is 10.2. The highest BCUT2D eigenvalue weighted by molar-refractivity contribution is 5.93. The summed E-state index contributed by atoms with van der Waals surface area (Å²) >= 11 is 0. The Morgan fingerprint density at radius 3 is 1.02 bits per heavy atom. The van der Waals surface area contributed by atoms with E-state index in [0.29, 0.717) is 50.4 Å². The number of esters is 6. The lowest BCUT2D eigenvalue weighted by Crippen LogP contribution is -2.13. The molecule has 57 heavy (non-hydrogen) atoms. The van der Waals surface area contributed by atoms with Gasteiger partial charge < -0.3 is 37.9 Å². The van der Waals surface area contributed by atoms with Crippen LogP contribution >= 0.6 is 0 Å². The lowest BCUT2D eigenvalue weighted by molar-refractivity contribution is -0.138. The van der Waals surface area contributed by atoms with Crippen molar-refractivity contribution < 1.29 is 66.7 Å². The number of ether oxygens (including phenoxy) is 8. The van der Waals surface area contributed by atoms with Crippen molar-refractivity contribution in [3.63, 3.8) is 0 Å². The maximum atomic E-state index is 12.6. The summed E-state index contributed by atoms with van der Waals surface area (Å²) in [7, 11) is 0. The molecule has 4 aromatic rings. The minimum absolute atomic E-state index is 0.125. The summed E-state index contributed by atoms with van der Waals surface area (Å²) in [4.78, 5) is 72.2. The quantitative estimate of drug-likeness (QED) is 0.0202. The molecule has 4 rings (SSSR count). The van der Waals surface area contributed by atoms with Crippen LogP contribution in [0.5, 0.6) is 23.0 Å². The van der Waals surface area contributed by atoms with Crippen molar-refractivity contribution in [3.05, 3.63) is 145 Å². The summed E-state index contributed by atoms with van der Waals surface area (Å²) in [5.74, 6) is -2.24. The molecule has 296 valence electrons. The van der Waals surface area contributed by atoms with Gasteiger partial charge in [0, 0.05) is 12.2 Å². The van der Waals surface area contributed by atoms with Crippen molar-refractivity contribution in [2.45, 2.75) is 25.7 Å². The summed E-state index contributed by atoms with van der Waals surface area (Å²) in [6.07, 6.45) is 4.81. The van der Waals surface area contributed by atoms with Crippen LogP contribution in [0.4, 0.5) is 0 Å². The maximum Gasteiger partial charge on any atom is 0.343 e. The lowest BCUT2D eigenvalue weighted by Gasteiger charge is -2.09. The molecule has 0 aliphatic heterocycles. The van der Waals surface area contributed by atoms with Gasteiger partial charge in [0.05, 0.1) is 48.7 Å². The number of hydrogen-bond donors (Lipinski definition) is 0. The van der Waals surface area contributed by atoms with Gasteiger partial charge in [0.1, 0.15) is 23.0 Å². The molecular weight excluding hydrogens is 740 g/mol. The zero-order valence-electron chi connectivity index (χ0n) is 30.9. The maximum absolute atomic E-state index is 12.6. The summed E-state index contributed by atoms with van der Waals surface area (Å²) in [6.45, 7) is 7.36. The molecule has 0 heterocycles. The van der Waals surface area contributed by atoms with Crippen LogP contribution < -0.4 is 18.9 Å². The summed E-state index contributed by atoms with van der Waals surface area (Å²) < 4.78 is 41.9. The Kier molecular flexibility index (Phi) is 17.1. The van der Waals surface area contributed by atoms with Crippen molar-refractivity contribution in [1.82, 2.24) is 0 Å². The minimum Gasteiger partial charge on any atom is -0.494 e. The van der Waals surface area contributed by atoms with E-state index in [1.165, 1.54) is 48.5 Å². The molecule has 0 amide bonds. The summed E-state index contributed by atoms with van der Waals surface area (Å²) in [6, 6.07) is 24.0. The van der Waals surface area contributed by atoms with Crippen molar-refractivity contribution in [3.8, 4) is 23.0 Å². The number of unbranched alkanes of at least 4 members (excludes halogenated alkanes) is 2. The third-order valence-corrected chi connectivity index (χ3v) is 7.60. The Balaban J connectivity index is 1.12. The summed E-state index contributed by atoms with van der Waals surface area (Å²) in [5.41, 5.74) is 0.814. The smallest absolute Gasteiger partial charge is 0.343 e. The van der Waals surface area contributed by atoms with E-state index in [1.54, 1.807) is 48.5 Å². The Morgan fingerprint density at radius 1 is 0.386 bits per heavy atom. The van der Waals surface area contributed by atoms with Gasteiger partial charge in [-0.2, -0.15) is 0 Å². The van der Waals surface area contributed by atoms with Gasteiger partial charge in [-0.15, -0.1) is 0 Å². The largest absolute Gasteiger partial charge is 0.494 e. The summed E-state index contributed by atoms with van der Waals surface area (Å²) in [5, 5.41) is 0. The first kappa shape index (κ1) is 42.5. The van der Waals surface area contributed by atoms with Crippen molar-refractivity contribution >= 4 is 35.8 Å². The third kappa shape index (κ3) is 14.9. The molecule has 0 atom stereocenters. The third-order valence-electron chi connectivity index (χ3n) is 7.60. The topological polar surface area (TPSA) is 176 Å². The van der Waals surface area contributed by atoms with Crippen LogP contribution in [-0.4, -0.2) is 69.0 Å². The fourth-order valence-electron chi connectivity index (χ4n) is 4.58. The predicted molar refractivity (Wildman–Crippen MR) is 203 cm³/mol. The van der Waals surface area contributed by atoms with Crippen LogP contribution in [0.15, 0.2) is 122 Å². The number of carbonyl (C=O) groups excluding carboxylic acids is 6. The predicted octanol–water partition coefficient (Wildman–Crippen LogP) is 6.87. The van der Waals surface area contributed by atoms with E-state index < -0.39 is 42.6 Å². The number of rotatable bonds is 22. The molecule has 0 N–H and O–H groups in total. The van der Waals surface area contributed by atoms with Crippen LogP contribution in [0, 0.1) is 0 Å². The Bertz CT molecular complexity index is 1840.